The van der Waals surface area contributed by atoms with Gasteiger partial charge in [0.2, 0.25) is 5.78 Å². The number of hydrogen-bond acceptors (Lipinski definition) is 7. The minimum absolute atomic E-state index is 0.158. The predicted molar refractivity (Wildman–Crippen MR) is 127 cm³/mol. The van der Waals surface area contributed by atoms with Gasteiger partial charge in [-0.1, -0.05) is 5.76 Å². The first-order valence-corrected chi connectivity index (χ1v) is 12.3. The van der Waals surface area contributed by atoms with Gasteiger partial charge in [-0.05, 0) is 51.0 Å². The van der Waals surface area contributed by atoms with Gasteiger partial charge in [-0.25, -0.2) is 4.79 Å². The zero-order chi connectivity index (χ0) is 26.0. The number of quaternary nitrogens is 1. The second-order valence-corrected chi connectivity index (χ2v) is 9.23. The summed E-state index contributed by atoms with van der Waals surface area (Å²) in [7, 11) is 0. The molecular weight excluding hydrogens is 466 g/mol. The Morgan fingerprint density at radius 3 is 2.58 bits per heavy atom. The summed E-state index contributed by atoms with van der Waals surface area (Å²) >= 11 is 0. The van der Waals surface area contributed by atoms with Crippen molar-refractivity contribution in [3.63, 3.8) is 0 Å². The van der Waals surface area contributed by atoms with E-state index < -0.39 is 29.5 Å². The number of hydrogen-bond donors (Lipinski definition) is 2. The van der Waals surface area contributed by atoms with Crippen molar-refractivity contribution in [1.82, 2.24) is 9.88 Å². The summed E-state index contributed by atoms with van der Waals surface area (Å²) in [5.74, 6) is -1.75. The number of carbonyl (C=O) groups excluding carboxylic acids is 3. The molecule has 2 saturated heterocycles. The maximum Gasteiger partial charge on any atom is 0.355 e. The van der Waals surface area contributed by atoms with Crippen molar-refractivity contribution in [3.05, 3.63) is 51.7 Å². The van der Waals surface area contributed by atoms with E-state index in [0.29, 0.717) is 49.0 Å². The van der Waals surface area contributed by atoms with Crippen LogP contribution in [0.1, 0.15) is 58.2 Å². The Labute approximate surface area is 209 Å². The molecule has 4 rings (SSSR count). The molecule has 2 aromatic rings. The molecule has 4 heterocycles. The average Bonchev–Trinajstić information content (AvgIpc) is 3.49. The number of ketones is 1. The number of nitrogens with one attached hydrogen (secondary N) is 2. The lowest BCUT2D eigenvalue weighted by molar-refractivity contribution is -0.908. The van der Waals surface area contributed by atoms with Crippen molar-refractivity contribution in [1.29, 1.82) is 0 Å². The number of esters is 1. The van der Waals surface area contributed by atoms with Gasteiger partial charge in [-0.2, -0.15) is 0 Å². The van der Waals surface area contributed by atoms with Crippen LogP contribution in [0.25, 0.3) is 5.76 Å². The van der Waals surface area contributed by atoms with Crippen molar-refractivity contribution in [2.24, 2.45) is 0 Å². The summed E-state index contributed by atoms with van der Waals surface area (Å²) < 4.78 is 16.3. The highest BCUT2D eigenvalue weighted by molar-refractivity contribution is 6.46. The normalized spacial score (nSPS) is 20.3. The predicted octanol–water partition coefficient (Wildman–Crippen LogP) is 0.239. The number of likely N-dealkylation sites (tertiary alicyclic amines) is 1. The SMILES string of the molecule is CCOC(=O)c1[nH]c(C)c(/C([O-])=C2\C(=O)C(=O)N(CCC[NH+]3CCOCC3)C2c2ccc(C)o2)c1C. The molecule has 10 heteroatoms. The number of carbonyl (C=O) groups is 3. The maximum absolute atomic E-state index is 13.8. The number of aromatic amines is 1. The number of morpholine rings is 1. The van der Waals surface area contributed by atoms with Crippen molar-refractivity contribution in [2.75, 3.05) is 46.0 Å². The Balaban J connectivity index is 1.71. The van der Waals surface area contributed by atoms with Crippen molar-refractivity contribution in [2.45, 2.75) is 40.2 Å². The van der Waals surface area contributed by atoms with Crippen LogP contribution in [0.3, 0.4) is 0 Å². The number of nitrogens with zero attached hydrogens (tertiary/aromatic N) is 1. The van der Waals surface area contributed by atoms with E-state index in [4.69, 9.17) is 13.9 Å². The van der Waals surface area contributed by atoms with E-state index >= 15 is 0 Å². The van der Waals surface area contributed by atoms with Gasteiger partial charge in [0.1, 0.15) is 36.3 Å². The minimum atomic E-state index is -0.925. The monoisotopic (exact) mass is 499 g/mol. The molecule has 0 aromatic carbocycles. The minimum Gasteiger partial charge on any atom is -0.872 e. The smallest absolute Gasteiger partial charge is 0.355 e. The Bertz CT molecular complexity index is 1190. The molecule has 0 radical (unpaired) electrons. The number of amides is 1. The highest BCUT2D eigenvalue weighted by Crippen LogP contribution is 2.40. The molecule has 2 aliphatic rings. The molecule has 1 amide bonds. The molecular formula is C26H33N3O7. The summed E-state index contributed by atoms with van der Waals surface area (Å²) in [4.78, 5) is 44.5. The fourth-order valence-corrected chi connectivity index (χ4v) is 5.04. The molecule has 2 N–H and O–H groups in total. The van der Waals surface area contributed by atoms with Crippen LogP contribution >= 0.6 is 0 Å². The van der Waals surface area contributed by atoms with Crippen LogP contribution in [0, 0.1) is 20.8 Å². The maximum atomic E-state index is 13.8. The Morgan fingerprint density at radius 2 is 1.94 bits per heavy atom. The summed E-state index contributed by atoms with van der Waals surface area (Å²) in [6, 6.07) is 2.51. The topological polar surface area (TPSA) is 129 Å². The van der Waals surface area contributed by atoms with Crippen LogP contribution in [0.2, 0.25) is 0 Å². The van der Waals surface area contributed by atoms with E-state index in [9.17, 15) is 19.5 Å². The number of furan rings is 1. The number of aromatic nitrogens is 1. The number of ether oxygens (including phenoxy) is 2. The molecule has 0 aliphatic carbocycles. The third kappa shape index (κ3) is 4.83. The number of aryl methyl sites for hydroxylation is 2. The lowest BCUT2D eigenvalue weighted by atomic mass is 9.97. The van der Waals surface area contributed by atoms with Gasteiger partial charge in [0.15, 0.2) is 0 Å². The first kappa shape index (κ1) is 25.7. The van der Waals surface area contributed by atoms with Gasteiger partial charge < -0.3 is 33.8 Å². The Morgan fingerprint density at radius 1 is 1.22 bits per heavy atom. The molecule has 1 atom stereocenters. The molecule has 2 aromatic heterocycles. The van der Waals surface area contributed by atoms with E-state index in [2.05, 4.69) is 4.98 Å². The Hall–Kier alpha value is -3.37. The number of Topliss-reactive ketones (excluding diaryl/α,β-unsaturated/α-hetero) is 1. The molecule has 2 aliphatic heterocycles. The average molecular weight is 500 g/mol. The highest BCUT2D eigenvalue weighted by atomic mass is 16.5. The second kappa shape index (κ2) is 10.7. The molecule has 1 unspecified atom stereocenters. The fraction of sp³-hybridized carbons (Fsp3) is 0.500. The lowest BCUT2D eigenvalue weighted by Crippen LogP contribution is -3.14. The van der Waals surface area contributed by atoms with Crippen molar-refractivity contribution < 1.29 is 38.3 Å². The summed E-state index contributed by atoms with van der Waals surface area (Å²) in [5, 5.41) is 13.8. The largest absolute Gasteiger partial charge is 0.872 e. The third-order valence-corrected chi connectivity index (χ3v) is 6.83. The lowest BCUT2D eigenvalue weighted by Gasteiger charge is -2.27. The van der Waals surface area contributed by atoms with Gasteiger partial charge in [-0.15, -0.1) is 0 Å². The van der Waals surface area contributed by atoms with Gasteiger partial charge in [0.05, 0.1) is 26.4 Å². The van der Waals surface area contributed by atoms with E-state index in [-0.39, 0.29) is 23.4 Å². The zero-order valence-electron chi connectivity index (χ0n) is 21.2. The molecule has 36 heavy (non-hydrogen) atoms. The highest BCUT2D eigenvalue weighted by Gasteiger charge is 2.46. The van der Waals surface area contributed by atoms with Crippen LogP contribution in [0.4, 0.5) is 0 Å². The molecule has 0 saturated carbocycles. The first-order valence-electron chi connectivity index (χ1n) is 12.3. The van der Waals surface area contributed by atoms with Crippen LogP contribution < -0.4 is 10.0 Å². The van der Waals surface area contributed by atoms with E-state index in [1.165, 1.54) is 9.80 Å². The quantitative estimate of drug-likeness (QED) is 0.230. The second-order valence-electron chi connectivity index (χ2n) is 9.23. The summed E-state index contributed by atoms with van der Waals surface area (Å²) in [6.45, 7) is 11.3. The molecule has 2 fully saturated rings. The molecule has 0 spiro atoms. The summed E-state index contributed by atoms with van der Waals surface area (Å²) in [5.41, 5.74) is 1.01. The zero-order valence-corrected chi connectivity index (χ0v) is 21.2. The molecule has 0 bridgehead atoms. The van der Waals surface area contributed by atoms with E-state index in [0.717, 1.165) is 19.6 Å². The van der Waals surface area contributed by atoms with Crippen molar-refractivity contribution >= 4 is 23.4 Å². The van der Waals surface area contributed by atoms with Crippen LogP contribution in [0.5, 0.6) is 0 Å². The Kier molecular flexibility index (Phi) is 7.65. The molecule has 10 nitrogen and oxygen atoms in total. The van der Waals surface area contributed by atoms with E-state index in [1.807, 2.05) is 0 Å². The van der Waals surface area contributed by atoms with Crippen molar-refractivity contribution in [3.8, 4) is 0 Å². The third-order valence-electron chi connectivity index (χ3n) is 6.83. The molecule has 194 valence electrons. The van der Waals surface area contributed by atoms with Crippen LogP contribution in [-0.2, 0) is 19.1 Å². The summed E-state index contributed by atoms with van der Waals surface area (Å²) in [6.07, 6.45) is 0.668. The number of H-pyrrole nitrogens is 1. The van der Waals surface area contributed by atoms with Gasteiger partial charge in [-0.3, -0.25) is 9.59 Å². The van der Waals surface area contributed by atoms with Gasteiger partial charge in [0, 0.05) is 24.2 Å². The number of rotatable bonds is 8. The van der Waals surface area contributed by atoms with Gasteiger partial charge in [0.25, 0.3) is 5.91 Å². The first-order chi connectivity index (χ1) is 17.2. The fourth-order valence-electron chi connectivity index (χ4n) is 5.04. The van der Waals surface area contributed by atoms with Gasteiger partial charge >= 0.3 is 5.97 Å². The van der Waals surface area contributed by atoms with Crippen LogP contribution in [-0.4, -0.2) is 73.5 Å². The van der Waals surface area contributed by atoms with E-state index in [1.54, 1.807) is 39.8 Å². The van der Waals surface area contributed by atoms with Crippen LogP contribution in [0.15, 0.2) is 22.1 Å². The standard InChI is InChI=1S/C26H33N3O7/c1-5-35-26(33)21-16(3)19(17(4)27-21)23(30)20-22(18-8-7-15(2)36-18)29(25(32)24(20)31)10-6-9-28-11-13-34-14-12-28/h7-8,22,27,30H,5-6,9-14H2,1-4H3/b23-20+.